The zero-order chi connectivity index (χ0) is 22.8. The molecule has 0 radical (unpaired) electrons. The molecule has 0 fully saturated rings. The standard InChI is InChI=1S/C22H20N2O7/c1-3-31-21(30)22(2)12-17(23-15-8-4-13(5-9-15)19(26)27)18(25)24(22)16-10-6-14(7-11-16)20(28)29/h4-12,23H,3H2,1-2H3,(H,26,27)(H,28,29)/p-2/t22-/m0/s1. The summed E-state index contributed by atoms with van der Waals surface area (Å²) in [5.41, 5.74) is -0.823. The molecule has 3 rings (SSSR count). The summed E-state index contributed by atoms with van der Waals surface area (Å²) in [4.78, 5) is 49.0. The Balaban J connectivity index is 1.97. The van der Waals surface area contributed by atoms with Gasteiger partial charge in [-0.05, 0) is 55.3 Å². The topological polar surface area (TPSA) is 139 Å². The number of anilines is 2. The first-order chi connectivity index (χ1) is 14.7. The molecule has 1 atom stereocenters. The number of amides is 1. The molecule has 9 heteroatoms. The Morgan fingerprint density at radius 2 is 1.48 bits per heavy atom. The van der Waals surface area contributed by atoms with Crippen LogP contribution in [-0.4, -0.2) is 36.0 Å². The molecule has 1 heterocycles. The van der Waals surface area contributed by atoms with Gasteiger partial charge in [0.05, 0.1) is 18.5 Å². The van der Waals surface area contributed by atoms with Gasteiger partial charge < -0.3 is 29.9 Å². The van der Waals surface area contributed by atoms with Gasteiger partial charge in [0.2, 0.25) is 0 Å². The van der Waals surface area contributed by atoms with E-state index in [1.165, 1.54) is 66.4 Å². The van der Waals surface area contributed by atoms with Crippen molar-refractivity contribution in [3.63, 3.8) is 0 Å². The number of benzene rings is 2. The number of ether oxygens (including phenoxy) is 1. The Bertz CT molecular complexity index is 1070. The lowest BCUT2D eigenvalue weighted by molar-refractivity contribution is -0.256. The van der Waals surface area contributed by atoms with Crippen molar-refractivity contribution in [2.24, 2.45) is 0 Å². The van der Waals surface area contributed by atoms with Gasteiger partial charge in [-0.1, -0.05) is 24.3 Å². The number of aromatic carboxylic acids is 2. The van der Waals surface area contributed by atoms with E-state index in [1.807, 2.05) is 0 Å². The molecule has 0 aliphatic carbocycles. The Hall–Kier alpha value is -4.14. The number of rotatable bonds is 7. The maximum absolute atomic E-state index is 13.2. The van der Waals surface area contributed by atoms with E-state index in [4.69, 9.17) is 4.74 Å². The van der Waals surface area contributed by atoms with Crippen LogP contribution < -0.4 is 20.4 Å². The van der Waals surface area contributed by atoms with E-state index >= 15 is 0 Å². The lowest BCUT2D eigenvalue weighted by Crippen LogP contribution is -2.51. The van der Waals surface area contributed by atoms with Gasteiger partial charge in [-0.15, -0.1) is 0 Å². The van der Waals surface area contributed by atoms with Crippen molar-refractivity contribution in [3.8, 4) is 0 Å². The average molecular weight is 422 g/mol. The summed E-state index contributed by atoms with van der Waals surface area (Å²) in [7, 11) is 0. The smallest absolute Gasteiger partial charge is 0.336 e. The molecule has 160 valence electrons. The highest BCUT2D eigenvalue weighted by Gasteiger charge is 2.49. The monoisotopic (exact) mass is 422 g/mol. The predicted octanol–water partition coefficient (Wildman–Crippen LogP) is 0.0780. The highest BCUT2D eigenvalue weighted by atomic mass is 16.5. The fourth-order valence-electron chi connectivity index (χ4n) is 3.23. The Kier molecular flexibility index (Phi) is 5.78. The summed E-state index contributed by atoms with van der Waals surface area (Å²) in [6, 6.07) is 10.9. The second-order valence-electron chi connectivity index (χ2n) is 6.89. The van der Waals surface area contributed by atoms with Gasteiger partial charge in [0.25, 0.3) is 5.91 Å². The molecule has 1 aliphatic heterocycles. The van der Waals surface area contributed by atoms with Crippen LogP contribution in [0.4, 0.5) is 11.4 Å². The lowest BCUT2D eigenvalue weighted by Gasteiger charge is -2.32. The van der Waals surface area contributed by atoms with E-state index in [0.29, 0.717) is 5.69 Å². The average Bonchev–Trinajstić information content (AvgIpc) is 2.99. The molecule has 0 spiro atoms. The van der Waals surface area contributed by atoms with Crippen LogP contribution in [0.2, 0.25) is 0 Å². The molecule has 1 aliphatic rings. The van der Waals surface area contributed by atoms with Gasteiger partial charge in [0.15, 0.2) is 5.54 Å². The van der Waals surface area contributed by atoms with Crippen molar-refractivity contribution in [1.82, 2.24) is 0 Å². The zero-order valence-electron chi connectivity index (χ0n) is 16.7. The third-order valence-corrected chi connectivity index (χ3v) is 4.77. The molecule has 0 saturated carbocycles. The molecule has 0 unspecified atom stereocenters. The van der Waals surface area contributed by atoms with Crippen molar-refractivity contribution in [2.75, 3.05) is 16.8 Å². The summed E-state index contributed by atoms with van der Waals surface area (Å²) < 4.78 is 5.15. The van der Waals surface area contributed by atoms with E-state index in [2.05, 4.69) is 5.32 Å². The molecule has 9 nitrogen and oxygen atoms in total. The lowest BCUT2D eigenvalue weighted by atomic mass is 10.0. The van der Waals surface area contributed by atoms with Gasteiger partial charge in [0.1, 0.15) is 5.70 Å². The summed E-state index contributed by atoms with van der Waals surface area (Å²) in [5.74, 6) is -3.92. The first-order valence-corrected chi connectivity index (χ1v) is 9.32. The third kappa shape index (κ3) is 4.11. The summed E-state index contributed by atoms with van der Waals surface area (Å²) >= 11 is 0. The summed E-state index contributed by atoms with van der Waals surface area (Å²) in [5, 5.41) is 24.8. The van der Waals surface area contributed by atoms with Crippen LogP contribution in [0.15, 0.2) is 60.3 Å². The van der Waals surface area contributed by atoms with Crippen LogP contribution in [0.1, 0.15) is 34.6 Å². The maximum atomic E-state index is 13.2. The zero-order valence-corrected chi connectivity index (χ0v) is 16.7. The number of carboxylic acids is 2. The van der Waals surface area contributed by atoms with Crippen LogP contribution in [0.25, 0.3) is 0 Å². The number of hydrogen-bond donors (Lipinski definition) is 1. The van der Waals surface area contributed by atoms with E-state index in [9.17, 15) is 29.4 Å². The van der Waals surface area contributed by atoms with Crippen molar-refractivity contribution in [2.45, 2.75) is 19.4 Å². The summed E-state index contributed by atoms with van der Waals surface area (Å²) in [6.07, 6.45) is 1.41. The van der Waals surface area contributed by atoms with Crippen molar-refractivity contribution in [1.29, 1.82) is 0 Å². The highest BCUT2D eigenvalue weighted by molar-refractivity contribution is 6.16. The Morgan fingerprint density at radius 1 is 0.968 bits per heavy atom. The minimum absolute atomic E-state index is 0.0247. The minimum Gasteiger partial charge on any atom is -0.545 e. The molecule has 2 aromatic carbocycles. The Labute approximate surface area is 177 Å². The SMILES string of the molecule is CCOC(=O)[C@]1(C)C=C(Nc2ccc(C(=O)[O-])cc2)C(=O)N1c1ccc(C(=O)[O-])cc1. The van der Waals surface area contributed by atoms with Crippen molar-refractivity contribution < 1.29 is 34.1 Å². The van der Waals surface area contributed by atoms with Gasteiger partial charge in [0, 0.05) is 11.4 Å². The van der Waals surface area contributed by atoms with Crippen LogP contribution in [0.3, 0.4) is 0 Å². The molecular weight excluding hydrogens is 404 g/mol. The molecule has 1 amide bonds. The highest BCUT2D eigenvalue weighted by Crippen LogP contribution is 2.35. The fraction of sp³-hybridized carbons (Fsp3) is 0.182. The number of carbonyl (C=O) groups is 4. The Morgan fingerprint density at radius 3 is 1.97 bits per heavy atom. The minimum atomic E-state index is -1.50. The van der Waals surface area contributed by atoms with E-state index in [1.54, 1.807) is 6.92 Å². The number of nitrogens with one attached hydrogen (secondary N) is 1. The van der Waals surface area contributed by atoms with Gasteiger partial charge in [-0.2, -0.15) is 0 Å². The molecule has 0 saturated heterocycles. The molecular formula is C22H18N2O7-2. The quantitative estimate of drug-likeness (QED) is 0.619. The normalized spacial score (nSPS) is 17.8. The third-order valence-electron chi connectivity index (χ3n) is 4.77. The van der Waals surface area contributed by atoms with Gasteiger partial charge in [-0.3, -0.25) is 9.69 Å². The van der Waals surface area contributed by atoms with E-state index < -0.39 is 29.4 Å². The first-order valence-electron chi connectivity index (χ1n) is 9.32. The maximum Gasteiger partial charge on any atom is 0.336 e. The molecule has 31 heavy (non-hydrogen) atoms. The number of esters is 1. The van der Waals surface area contributed by atoms with E-state index in [0.717, 1.165) is 0 Å². The number of nitrogens with zero attached hydrogens (tertiary/aromatic N) is 1. The van der Waals surface area contributed by atoms with Gasteiger partial charge in [-0.25, -0.2) is 4.79 Å². The number of hydrogen-bond acceptors (Lipinski definition) is 8. The van der Waals surface area contributed by atoms with Crippen LogP contribution in [0, 0.1) is 0 Å². The summed E-state index contributed by atoms with van der Waals surface area (Å²) in [6.45, 7) is 3.24. The second-order valence-corrected chi connectivity index (χ2v) is 6.89. The van der Waals surface area contributed by atoms with Crippen LogP contribution in [-0.2, 0) is 14.3 Å². The van der Waals surface area contributed by atoms with Crippen LogP contribution >= 0.6 is 0 Å². The number of carbonyl (C=O) groups excluding carboxylic acids is 4. The van der Waals surface area contributed by atoms with Gasteiger partial charge >= 0.3 is 5.97 Å². The fourth-order valence-corrected chi connectivity index (χ4v) is 3.23. The van der Waals surface area contributed by atoms with Crippen LogP contribution in [0.5, 0.6) is 0 Å². The van der Waals surface area contributed by atoms with E-state index in [-0.39, 0.29) is 29.1 Å². The molecule has 0 aromatic heterocycles. The first kappa shape index (κ1) is 21.6. The van der Waals surface area contributed by atoms with Crippen molar-refractivity contribution >= 4 is 35.2 Å². The molecule has 0 bridgehead atoms. The predicted molar refractivity (Wildman–Crippen MR) is 106 cm³/mol. The number of carboxylic acid groups (broad SMARTS) is 2. The van der Waals surface area contributed by atoms with Crippen molar-refractivity contribution in [3.05, 3.63) is 71.4 Å². The molecule has 1 N–H and O–H groups in total. The second kappa shape index (κ2) is 8.31. The largest absolute Gasteiger partial charge is 0.545 e. The molecule has 2 aromatic rings.